The summed E-state index contributed by atoms with van der Waals surface area (Å²) in [5, 5.41) is -0.139. The van der Waals surface area contributed by atoms with Crippen molar-refractivity contribution in [3.63, 3.8) is 0 Å². The second-order valence-corrected chi connectivity index (χ2v) is 9.49. The fourth-order valence-corrected chi connectivity index (χ4v) is 2.05. The normalized spacial score (nSPS) is 16.9. The highest BCUT2D eigenvalue weighted by atomic mass is 28.4. The van der Waals surface area contributed by atoms with Crippen LogP contribution in [0.2, 0.25) is 18.1 Å². The molecule has 0 aliphatic heterocycles. The minimum absolute atomic E-state index is 0.139. The van der Waals surface area contributed by atoms with Gasteiger partial charge in [0, 0.05) is 8.30 Å². The molecule has 0 saturated heterocycles. The minimum Gasteiger partial charge on any atom is -0.413 e. The first-order chi connectivity index (χ1) is 8.70. The van der Waals surface area contributed by atoms with Gasteiger partial charge in [0.2, 0.25) is 0 Å². The topological polar surface area (TPSA) is 9.23 Å². The molecule has 0 radical (unpaired) electrons. The molecule has 0 aromatic heterocycles. The zero-order valence-corrected chi connectivity index (χ0v) is 12.1. The molecule has 0 saturated carbocycles. The van der Waals surface area contributed by atoms with E-state index in [0.29, 0.717) is 6.61 Å². The van der Waals surface area contributed by atoms with Crippen LogP contribution in [-0.4, -0.2) is 8.32 Å². The largest absolute Gasteiger partial charge is 0.413 e. The summed E-state index contributed by atoms with van der Waals surface area (Å²) in [4.78, 5) is 0. The van der Waals surface area contributed by atoms with Gasteiger partial charge in [0.1, 0.15) is 0 Å². The number of hydrogen-bond acceptors (Lipinski definition) is 1. The molecule has 0 aliphatic rings. The van der Waals surface area contributed by atoms with Crippen LogP contribution < -0.4 is 0 Å². The van der Waals surface area contributed by atoms with E-state index in [2.05, 4.69) is 26.7 Å². The van der Waals surface area contributed by atoms with Gasteiger partial charge in [-0.25, -0.2) is 0 Å². The van der Waals surface area contributed by atoms with Gasteiger partial charge in [-0.2, -0.15) is 0 Å². The third-order valence-corrected chi connectivity index (χ3v) is 6.87. The summed E-state index contributed by atoms with van der Waals surface area (Å²) >= 11 is 0. The Kier molecular flexibility index (Phi) is 3.31. The first-order valence-corrected chi connectivity index (χ1v) is 8.23. The van der Waals surface area contributed by atoms with Gasteiger partial charge in [0.05, 0.1) is 6.61 Å². The van der Waals surface area contributed by atoms with Crippen molar-refractivity contribution in [1.82, 2.24) is 0 Å². The quantitative estimate of drug-likeness (QED) is 0.576. The third-order valence-electron chi connectivity index (χ3n) is 3.15. The highest BCUT2D eigenvalue weighted by molar-refractivity contribution is 6.74. The Morgan fingerprint density at radius 1 is 1.35 bits per heavy atom. The molecule has 1 rings (SSSR count). The second-order valence-electron chi connectivity index (χ2n) is 5.49. The first-order valence-electron chi connectivity index (χ1n) is 6.90. The lowest BCUT2D eigenvalue weighted by molar-refractivity contribution is 0.276. The molecule has 0 fully saturated rings. The Morgan fingerprint density at radius 2 is 1.94 bits per heavy atom. The fourth-order valence-electron chi connectivity index (χ4n) is 1.15. The van der Waals surface area contributed by atoms with Gasteiger partial charge in [0.15, 0.2) is 8.32 Å². The van der Waals surface area contributed by atoms with E-state index in [4.69, 9.17) is 13.6 Å². The summed E-state index contributed by atoms with van der Waals surface area (Å²) in [6.07, 6.45) is 5.32. The molecule has 17 heavy (non-hydrogen) atoms. The van der Waals surface area contributed by atoms with E-state index in [1.54, 1.807) is 0 Å². The summed E-state index contributed by atoms with van der Waals surface area (Å²) in [7, 11) is -2.44. The maximum atomic E-state index is 7.79. The molecule has 0 amide bonds. The Bertz CT molecular complexity index is 457. The molecule has 92 valence electrons. The van der Waals surface area contributed by atoms with E-state index in [0.717, 1.165) is 11.1 Å². The average molecular weight is 248 g/mol. The van der Waals surface area contributed by atoms with Crippen LogP contribution in [0.1, 0.15) is 34.6 Å². The molecule has 0 bridgehead atoms. The Balaban J connectivity index is 2.80. The summed E-state index contributed by atoms with van der Waals surface area (Å²) in [6.45, 7) is 7.66. The average Bonchev–Trinajstić information content (AvgIpc) is 2.34. The van der Waals surface area contributed by atoms with Crippen molar-refractivity contribution in [3.05, 3.63) is 35.4 Å². The molecule has 1 unspecified atom stereocenters. The molecule has 0 heterocycles. The van der Waals surface area contributed by atoms with Crippen molar-refractivity contribution in [2.75, 3.05) is 0 Å². The molecule has 1 aromatic carbocycles. The van der Waals surface area contributed by atoms with E-state index in [1.807, 2.05) is 30.8 Å². The number of benzene rings is 1. The van der Waals surface area contributed by atoms with Gasteiger partial charge in [0.25, 0.3) is 0 Å². The monoisotopic (exact) mass is 248 g/mol. The van der Waals surface area contributed by atoms with Gasteiger partial charge in [-0.15, -0.1) is 6.42 Å². The van der Waals surface area contributed by atoms with Crippen LogP contribution in [0, 0.1) is 12.3 Å². The zero-order chi connectivity index (χ0) is 14.7. The van der Waals surface area contributed by atoms with E-state index in [-0.39, 0.29) is 5.04 Å². The highest BCUT2D eigenvalue weighted by Crippen LogP contribution is 2.37. The van der Waals surface area contributed by atoms with Crippen molar-refractivity contribution in [3.8, 4) is 12.3 Å². The predicted molar refractivity (Wildman–Crippen MR) is 76.4 cm³/mol. The van der Waals surface area contributed by atoms with Gasteiger partial charge in [-0.05, 0) is 35.8 Å². The van der Waals surface area contributed by atoms with Crippen LogP contribution in [0.15, 0.2) is 24.3 Å². The molecule has 1 aromatic rings. The van der Waals surface area contributed by atoms with E-state index >= 15 is 0 Å². The highest BCUT2D eigenvalue weighted by Gasteiger charge is 2.36. The minimum atomic E-state index is -2.44. The lowest BCUT2D eigenvalue weighted by Gasteiger charge is -2.36. The van der Waals surface area contributed by atoms with Crippen LogP contribution in [0.5, 0.6) is 0 Å². The first kappa shape index (κ1) is 11.1. The van der Waals surface area contributed by atoms with Crippen LogP contribution in [-0.2, 0) is 11.0 Å². The molecular weight excluding hydrogens is 224 g/mol. The van der Waals surface area contributed by atoms with Crippen molar-refractivity contribution in [2.45, 2.75) is 45.5 Å². The number of hydrogen-bond donors (Lipinski definition) is 0. The maximum absolute atomic E-state index is 7.79. The summed E-state index contributed by atoms with van der Waals surface area (Å²) in [6, 6.07) is 7.65. The van der Waals surface area contributed by atoms with Crippen molar-refractivity contribution in [2.24, 2.45) is 0 Å². The van der Waals surface area contributed by atoms with Gasteiger partial charge in [-0.3, -0.25) is 0 Å². The van der Waals surface area contributed by atoms with Crippen LogP contribution >= 0.6 is 0 Å². The van der Waals surface area contributed by atoms with Gasteiger partial charge >= 0.3 is 0 Å². The van der Waals surface area contributed by atoms with Crippen molar-refractivity contribution < 1.29 is 7.17 Å². The second kappa shape index (κ2) is 5.08. The van der Waals surface area contributed by atoms with E-state index < -0.39 is 14.8 Å². The summed E-state index contributed by atoms with van der Waals surface area (Å²) in [5.41, 5.74) is 1.88. The molecule has 1 nitrogen and oxygen atoms in total. The summed E-state index contributed by atoms with van der Waals surface area (Å²) in [5.74, 6) is 2.58. The smallest absolute Gasteiger partial charge is 0.192 e. The lowest BCUT2D eigenvalue weighted by atomic mass is 10.1. The molecule has 0 spiro atoms. The predicted octanol–water partition coefficient (Wildman–Crippen LogP) is 4.19. The third kappa shape index (κ3) is 3.73. The summed E-state index contributed by atoms with van der Waals surface area (Å²) < 4.78 is 21.6. The molecule has 0 N–H and O–H groups in total. The van der Waals surface area contributed by atoms with Gasteiger partial charge < -0.3 is 4.43 Å². The maximum Gasteiger partial charge on any atom is 0.192 e. The van der Waals surface area contributed by atoms with Crippen molar-refractivity contribution >= 4 is 8.32 Å². The van der Waals surface area contributed by atoms with Crippen LogP contribution in [0.4, 0.5) is 0 Å². The molecule has 0 aliphatic carbocycles. The van der Waals surface area contributed by atoms with E-state index in [1.165, 1.54) is 0 Å². The lowest BCUT2D eigenvalue weighted by Crippen LogP contribution is -2.40. The molecule has 2 heteroatoms. The van der Waals surface area contributed by atoms with Crippen LogP contribution in [0.25, 0.3) is 0 Å². The number of rotatable bonds is 3. The standard InChI is InChI=1S/C15H22OSi/c1-7-13-8-10-14(11-9-13)12-16-17(5,6)15(2,3)4/h1,8-11H,12H2,2-6H3/i5D2. The van der Waals surface area contributed by atoms with Crippen molar-refractivity contribution in [1.29, 1.82) is 0 Å². The molecule has 1 atom stereocenters. The Hall–Kier alpha value is -1.04. The Labute approximate surface area is 109 Å². The molecular formula is C15H22OSi. The number of terminal acetylenes is 1. The SMILES string of the molecule is [2H]C([2H])[Si](C)(OCc1ccc(C#C)cc1)C(C)(C)C. The van der Waals surface area contributed by atoms with E-state index in [9.17, 15) is 0 Å². The fraction of sp³-hybridized carbons (Fsp3) is 0.467. The Morgan fingerprint density at radius 3 is 2.35 bits per heavy atom. The van der Waals surface area contributed by atoms with Crippen LogP contribution in [0.3, 0.4) is 0 Å². The zero-order valence-electron chi connectivity index (χ0n) is 13.1. The van der Waals surface area contributed by atoms with Gasteiger partial charge in [-0.1, -0.05) is 38.8 Å².